The first-order chi connectivity index (χ1) is 7.19. The van der Waals surface area contributed by atoms with E-state index in [0.717, 1.165) is 0 Å². The van der Waals surface area contributed by atoms with E-state index in [0.29, 0.717) is 11.8 Å². The van der Waals surface area contributed by atoms with Gasteiger partial charge in [-0.05, 0) is 23.2 Å². The number of carboxylic acid groups (broad SMARTS) is 1. The molecule has 2 heteroatoms. The third-order valence-electron chi connectivity index (χ3n) is 3.88. The van der Waals surface area contributed by atoms with Crippen LogP contribution in [0.1, 0.15) is 41.5 Å². The zero-order valence-corrected chi connectivity index (χ0v) is 11.2. The van der Waals surface area contributed by atoms with Crippen molar-refractivity contribution in [3.8, 4) is 0 Å². The second kappa shape index (κ2) is 4.23. The maximum atomic E-state index is 11.1. The molecule has 0 aliphatic heterocycles. The smallest absolute Gasteiger partial charge is 0.307 e. The van der Waals surface area contributed by atoms with Gasteiger partial charge in [-0.2, -0.15) is 0 Å². The average Bonchev–Trinajstić information content (AvgIpc) is 2.62. The van der Waals surface area contributed by atoms with Gasteiger partial charge in [0, 0.05) is 0 Å². The largest absolute Gasteiger partial charge is 0.481 e. The highest BCUT2D eigenvalue weighted by molar-refractivity contribution is 5.76. The van der Waals surface area contributed by atoms with Gasteiger partial charge in [0.1, 0.15) is 0 Å². The lowest BCUT2D eigenvalue weighted by molar-refractivity contribution is -0.139. The first-order valence-corrected chi connectivity index (χ1v) is 6.14. The van der Waals surface area contributed by atoms with Crippen LogP contribution in [0.5, 0.6) is 0 Å². The highest BCUT2D eigenvalue weighted by Crippen LogP contribution is 2.59. The number of hydrogen-bond donors (Lipinski definition) is 1. The third kappa shape index (κ3) is 2.31. The Morgan fingerprint density at radius 3 is 1.88 bits per heavy atom. The molecule has 2 unspecified atom stereocenters. The molecule has 0 bridgehead atoms. The molecule has 1 aliphatic rings. The Kier molecular flexibility index (Phi) is 3.51. The predicted octanol–water partition coefficient (Wildman–Crippen LogP) is 3.58. The topological polar surface area (TPSA) is 37.3 Å². The SMILES string of the molecule is CC(C)C(=CC1C(C(=O)O)C1(C)C)C(C)C. The zero-order valence-electron chi connectivity index (χ0n) is 11.2. The van der Waals surface area contributed by atoms with Crippen molar-refractivity contribution in [2.24, 2.45) is 29.1 Å². The molecule has 1 rings (SSSR count). The second-order valence-electron chi connectivity index (χ2n) is 6.14. The average molecular weight is 224 g/mol. The van der Waals surface area contributed by atoms with E-state index in [1.807, 2.05) is 13.8 Å². The molecular formula is C14H24O2. The fourth-order valence-corrected chi connectivity index (χ4v) is 2.72. The second-order valence-corrected chi connectivity index (χ2v) is 6.14. The van der Waals surface area contributed by atoms with Crippen LogP contribution in [0.4, 0.5) is 0 Å². The van der Waals surface area contributed by atoms with Gasteiger partial charge >= 0.3 is 5.97 Å². The van der Waals surface area contributed by atoms with Crippen molar-refractivity contribution >= 4 is 5.97 Å². The molecule has 1 fully saturated rings. The van der Waals surface area contributed by atoms with Crippen LogP contribution < -0.4 is 0 Å². The van der Waals surface area contributed by atoms with Gasteiger partial charge in [0.25, 0.3) is 0 Å². The Balaban J connectivity index is 2.89. The molecule has 0 radical (unpaired) electrons. The summed E-state index contributed by atoms with van der Waals surface area (Å²) in [6.45, 7) is 12.8. The fourth-order valence-electron chi connectivity index (χ4n) is 2.72. The molecule has 0 spiro atoms. The highest BCUT2D eigenvalue weighted by atomic mass is 16.4. The Morgan fingerprint density at radius 2 is 1.62 bits per heavy atom. The number of rotatable bonds is 4. The Bertz CT molecular complexity index is 301. The Labute approximate surface area is 98.7 Å². The van der Waals surface area contributed by atoms with Crippen molar-refractivity contribution in [2.75, 3.05) is 0 Å². The molecule has 2 nitrogen and oxygen atoms in total. The quantitative estimate of drug-likeness (QED) is 0.741. The van der Waals surface area contributed by atoms with Gasteiger partial charge in [0.05, 0.1) is 5.92 Å². The van der Waals surface area contributed by atoms with Gasteiger partial charge in [0.2, 0.25) is 0 Å². The highest BCUT2D eigenvalue weighted by Gasteiger charge is 2.60. The third-order valence-corrected chi connectivity index (χ3v) is 3.88. The van der Waals surface area contributed by atoms with Crippen molar-refractivity contribution in [3.05, 3.63) is 11.6 Å². The van der Waals surface area contributed by atoms with Crippen LogP contribution in [-0.4, -0.2) is 11.1 Å². The van der Waals surface area contributed by atoms with E-state index in [-0.39, 0.29) is 17.3 Å². The fraction of sp³-hybridized carbons (Fsp3) is 0.786. The summed E-state index contributed by atoms with van der Waals surface area (Å²) in [5, 5.41) is 9.12. The minimum atomic E-state index is -0.655. The molecule has 92 valence electrons. The van der Waals surface area contributed by atoms with E-state index in [1.165, 1.54) is 5.57 Å². The molecule has 16 heavy (non-hydrogen) atoms. The lowest BCUT2D eigenvalue weighted by Gasteiger charge is -2.15. The van der Waals surface area contributed by atoms with Crippen molar-refractivity contribution in [1.29, 1.82) is 0 Å². The maximum absolute atomic E-state index is 11.1. The molecular weight excluding hydrogens is 200 g/mol. The summed E-state index contributed by atoms with van der Waals surface area (Å²) < 4.78 is 0. The minimum Gasteiger partial charge on any atom is -0.481 e. The normalized spacial score (nSPS) is 27.0. The molecule has 0 aromatic rings. The zero-order chi connectivity index (χ0) is 12.7. The molecule has 0 heterocycles. The van der Waals surface area contributed by atoms with Crippen molar-refractivity contribution in [3.63, 3.8) is 0 Å². The number of hydrogen-bond acceptors (Lipinski definition) is 1. The molecule has 0 aromatic carbocycles. The van der Waals surface area contributed by atoms with Crippen LogP contribution in [0.15, 0.2) is 11.6 Å². The van der Waals surface area contributed by atoms with Crippen LogP contribution in [0, 0.1) is 29.1 Å². The molecule has 0 amide bonds. The summed E-state index contributed by atoms with van der Waals surface area (Å²) in [5.41, 5.74) is 1.32. The van der Waals surface area contributed by atoms with E-state index >= 15 is 0 Å². The van der Waals surface area contributed by atoms with Crippen molar-refractivity contribution in [1.82, 2.24) is 0 Å². The van der Waals surface area contributed by atoms with Crippen LogP contribution in [0.3, 0.4) is 0 Å². The van der Waals surface area contributed by atoms with Crippen molar-refractivity contribution in [2.45, 2.75) is 41.5 Å². The molecule has 0 saturated heterocycles. The first kappa shape index (κ1) is 13.3. The summed E-state index contributed by atoms with van der Waals surface area (Å²) in [6, 6.07) is 0. The van der Waals surface area contributed by atoms with E-state index in [2.05, 4.69) is 33.8 Å². The van der Waals surface area contributed by atoms with Crippen LogP contribution in [0.2, 0.25) is 0 Å². The summed E-state index contributed by atoms with van der Waals surface area (Å²) >= 11 is 0. The molecule has 1 N–H and O–H groups in total. The predicted molar refractivity (Wildman–Crippen MR) is 66.2 cm³/mol. The van der Waals surface area contributed by atoms with Gasteiger partial charge in [-0.25, -0.2) is 0 Å². The van der Waals surface area contributed by atoms with E-state index in [9.17, 15) is 4.79 Å². The Morgan fingerprint density at radius 1 is 1.19 bits per heavy atom. The lowest BCUT2D eigenvalue weighted by atomic mass is 9.90. The summed E-state index contributed by atoms with van der Waals surface area (Å²) in [7, 11) is 0. The monoisotopic (exact) mass is 224 g/mol. The molecule has 0 aromatic heterocycles. The lowest BCUT2D eigenvalue weighted by Crippen LogP contribution is -2.04. The van der Waals surface area contributed by atoms with Crippen LogP contribution >= 0.6 is 0 Å². The number of carbonyl (C=O) groups is 1. The number of aliphatic carboxylic acids is 1. The first-order valence-electron chi connectivity index (χ1n) is 6.14. The Hall–Kier alpha value is -0.790. The van der Waals surface area contributed by atoms with Crippen LogP contribution in [-0.2, 0) is 4.79 Å². The van der Waals surface area contributed by atoms with Crippen LogP contribution in [0.25, 0.3) is 0 Å². The molecule has 2 atom stereocenters. The van der Waals surface area contributed by atoms with E-state index < -0.39 is 5.97 Å². The summed E-state index contributed by atoms with van der Waals surface area (Å²) in [4.78, 5) is 11.1. The maximum Gasteiger partial charge on any atom is 0.307 e. The van der Waals surface area contributed by atoms with E-state index in [1.54, 1.807) is 0 Å². The van der Waals surface area contributed by atoms with Crippen molar-refractivity contribution < 1.29 is 9.90 Å². The number of allylic oxidation sites excluding steroid dienone is 2. The standard InChI is InChI=1S/C14H24O2/c1-8(2)10(9(3)4)7-11-12(13(15)16)14(11,5)6/h7-9,11-12H,1-6H3,(H,15,16). The summed E-state index contributed by atoms with van der Waals surface area (Å²) in [5.74, 6) is 0.375. The number of carboxylic acids is 1. The van der Waals surface area contributed by atoms with E-state index in [4.69, 9.17) is 5.11 Å². The van der Waals surface area contributed by atoms with Gasteiger partial charge < -0.3 is 5.11 Å². The summed E-state index contributed by atoms with van der Waals surface area (Å²) in [6.07, 6.45) is 2.22. The molecule has 1 aliphatic carbocycles. The van der Waals surface area contributed by atoms with Gasteiger partial charge in [-0.15, -0.1) is 0 Å². The molecule has 1 saturated carbocycles. The van der Waals surface area contributed by atoms with Gasteiger partial charge in [-0.3, -0.25) is 4.79 Å². The van der Waals surface area contributed by atoms with Gasteiger partial charge in [0.15, 0.2) is 0 Å². The minimum absolute atomic E-state index is 0.0686. The van der Waals surface area contributed by atoms with Gasteiger partial charge in [-0.1, -0.05) is 53.2 Å².